The second-order valence-corrected chi connectivity index (χ2v) is 9.28. The molecule has 1 N–H and O–H groups in total. The molecule has 8 heteroatoms. The smallest absolute Gasteiger partial charge is 0.345 e. The Bertz CT molecular complexity index is 774. The van der Waals surface area contributed by atoms with Crippen molar-refractivity contribution in [1.82, 2.24) is 4.31 Å². The van der Waals surface area contributed by atoms with Gasteiger partial charge in [0.25, 0.3) is 0 Å². The Morgan fingerprint density at radius 2 is 2.05 bits per heavy atom. The molecule has 0 atom stereocenters. The SMILES string of the molecule is Cc1ccc(CN(C(C)C)S(=O)(=O)c2csc(C(=O)O)c2)s1. The van der Waals surface area contributed by atoms with Gasteiger partial charge in [-0.05, 0) is 39.0 Å². The normalized spacial score (nSPS) is 12.2. The lowest BCUT2D eigenvalue weighted by Gasteiger charge is -2.24. The molecule has 2 aromatic rings. The summed E-state index contributed by atoms with van der Waals surface area (Å²) < 4.78 is 26.9. The third-order valence-corrected chi connectivity index (χ3v) is 7.13. The summed E-state index contributed by atoms with van der Waals surface area (Å²) in [6, 6.07) is 4.87. The Balaban J connectivity index is 2.35. The lowest BCUT2D eigenvalue weighted by molar-refractivity contribution is 0.0702. The summed E-state index contributed by atoms with van der Waals surface area (Å²) in [6.45, 7) is 5.88. The molecule has 22 heavy (non-hydrogen) atoms. The molecule has 5 nitrogen and oxygen atoms in total. The lowest BCUT2D eigenvalue weighted by atomic mass is 10.3. The number of carboxylic acids is 1. The molecule has 0 aromatic carbocycles. The summed E-state index contributed by atoms with van der Waals surface area (Å²) in [7, 11) is -3.71. The number of nitrogens with zero attached hydrogens (tertiary/aromatic N) is 1. The van der Waals surface area contributed by atoms with Gasteiger partial charge in [0.1, 0.15) is 4.88 Å². The van der Waals surface area contributed by atoms with Gasteiger partial charge in [-0.3, -0.25) is 0 Å². The highest BCUT2D eigenvalue weighted by molar-refractivity contribution is 7.89. The summed E-state index contributed by atoms with van der Waals surface area (Å²) in [5.74, 6) is -1.11. The number of hydrogen-bond donors (Lipinski definition) is 1. The minimum absolute atomic E-state index is 0.0225. The van der Waals surface area contributed by atoms with Crippen molar-refractivity contribution in [3.05, 3.63) is 38.2 Å². The topological polar surface area (TPSA) is 74.7 Å². The maximum Gasteiger partial charge on any atom is 0.345 e. The molecular weight excluding hydrogens is 342 g/mol. The first kappa shape index (κ1) is 17.1. The molecular formula is C14H17NO4S3. The minimum atomic E-state index is -3.71. The molecule has 0 bridgehead atoms. The molecule has 0 saturated heterocycles. The van der Waals surface area contributed by atoms with Crippen LogP contribution >= 0.6 is 22.7 Å². The number of aryl methyl sites for hydroxylation is 1. The summed E-state index contributed by atoms with van der Waals surface area (Å²) in [5.41, 5.74) is 0. The molecule has 2 rings (SSSR count). The maximum atomic E-state index is 12.8. The van der Waals surface area contributed by atoms with Crippen LogP contribution in [0.1, 0.15) is 33.3 Å². The number of thiophene rings is 2. The van der Waals surface area contributed by atoms with Crippen molar-refractivity contribution in [1.29, 1.82) is 0 Å². The lowest BCUT2D eigenvalue weighted by Crippen LogP contribution is -2.36. The number of hydrogen-bond acceptors (Lipinski definition) is 5. The van der Waals surface area contributed by atoms with Crippen molar-refractivity contribution < 1.29 is 18.3 Å². The zero-order valence-electron chi connectivity index (χ0n) is 12.4. The van der Waals surface area contributed by atoms with E-state index >= 15 is 0 Å². The number of sulfonamides is 1. The number of carboxylic acid groups (broad SMARTS) is 1. The van der Waals surface area contributed by atoms with E-state index in [1.165, 1.54) is 15.8 Å². The average molecular weight is 359 g/mol. The van der Waals surface area contributed by atoms with Crippen LogP contribution in [-0.4, -0.2) is 29.8 Å². The van der Waals surface area contributed by atoms with Gasteiger partial charge in [0.05, 0.1) is 4.90 Å². The highest BCUT2D eigenvalue weighted by Crippen LogP contribution is 2.27. The van der Waals surface area contributed by atoms with Gasteiger partial charge in [0.15, 0.2) is 0 Å². The van der Waals surface area contributed by atoms with Crippen molar-refractivity contribution >= 4 is 38.7 Å². The van der Waals surface area contributed by atoms with Crippen LogP contribution in [0.15, 0.2) is 28.5 Å². The molecule has 0 aliphatic heterocycles. The summed E-state index contributed by atoms with van der Waals surface area (Å²) in [6.07, 6.45) is 0. The standard InChI is InChI=1S/C14H17NO4S3/c1-9(2)15(7-11-5-4-10(3)21-11)22(18,19)12-6-13(14(16)17)20-8-12/h4-6,8-9H,7H2,1-3H3,(H,16,17). The van der Waals surface area contributed by atoms with Crippen molar-refractivity contribution in [3.63, 3.8) is 0 Å². The summed E-state index contributed by atoms with van der Waals surface area (Å²) >= 11 is 2.48. The van der Waals surface area contributed by atoms with Crippen molar-refractivity contribution in [2.45, 2.75) is 38.3 Å². The first-order valence-corrected chi connectivity index (χ1v) is 9.74. The maximum absolute atomic E-state index is 12.8. The Kier molecular flexibility index (Phi) is 5.06. The Morgan fingerprint density at radius 3 is 2.50 bits per heavy atom. The zero-order chi connectivity index (χ0) is 16.5. The fraction of sp³-hybridized carbons (Fsp3) is 0.357. The fourth-order valence-corrected chi connectivity index (χ4v) is 5.66. The van der Waals surface area contributed by atoms with E-state index in [0.29, 0.717) is 0 Å². The average Bonchev–Trinajstić information content (AvgIpc) is 3.04. The van der Waals surface area contributed by atoms with Gasteiger partial charge in [0.2, 0.25) is 10.0 Å². The molecule has 2 heterocycles. The van der Waals surface area contributed by atoms with Gasteiger partial charge in [-0.25, -0.2) is 13.2 Å². The van der Waals surface area contributed by atoms with E-state index in [0.717, 1.165) is 21.1 Å². The molecule has 0 aliphatic rings. The van der Waals surface area contributed by atoms with E-state index in [9.17, 15) is 13.2 Å². The third kappa shape index (κ3) is 3.57. The molecule has 0 radical (unpaired) electrons. The summed E-state index contributed by atoms with van der Waals surface area (Å²) in [4.78, 5) is 13.1. The third-order valence-electron chi connectivity index (χ3n) is 3.08. The highest BCUT2D eigenvalue weighted by atomic mass is 32.2. The first-order chi connectivity index (χ1) is 10.2. The van der Waals surface area contributed by atoms with Crippen molar-refractivity contribution in [2.24, 2.45) is 0 Å². The molecule has 0 saturated carbocycles. The van der Waals surface area contributed by atoms with Crippen LogP contribution in [0.25, 0.3) is 0 Å². The van der Waals surface area contributed by atoms with E-state index in [4.69, 9.17) is 5.11 Å². The number of rotatable bonds is 6. The van der Waals surface area contributed by atoms with Gasteiger partial charge >= 0.3 is 5.97 Å². The molecule has 0 amide bonds. The van der Waals surface area contributed by atoms with Gasteiger partial charge in [0, 0.05) is 27.7 Å². The van der Waals surface area contributed by atoms with Crippen LogP contribution in [0.5, 0.6) is 0 Å². The Hall–Kier alpha value is -1.22. The van der Waals surface area contributed by atoms with E-state index in [1.807, 2.05) is 32.9 Å². The predicted octanol–water partition coefficient (Wildman–Crippen LogP) is 3.42. The van der Waals surface area contributed by atoms with E-state index in [2.05, 4.69) is 0 Å². The van der Waals surface area contributed by atoms with E-state index in [-0.39, 0.29) is 22.4 Å². The molecule has 0 aliphatic carbocycles. The molecule has 2 aromatic heterocycles. The van der Waals surface area contributed by atoms with Crippen molar-refractivity contribution in [3.8, 4) is 0 Å². The Morgan fingerprint density at radius 1 is 1.36 bits per heavy atom. The van der Waals surface area contributed by atoms with Crippen molar-refractivity contribution in [2.75, 3.05) is 0 Å². The minimum Gasteiger partial charge on any atom is -0.477 e. The van der Waals surface area contributed by atoms with Crippen LogP contribution in [0, 0.1) is 6.92 Å². The molecule has 120 valence electrons. The zero-order valence-corrected chi connectivity index (χ0v) is 14.9. The van der Waals surface area contributed by atoms with Crippen LogP contribution in [0.3, 0.4) is 0 Å². The molecule has 0 spiro atoms. The van der Waals surface area contributed by atoms with Crippen LogP contribution < -0.4 is 0 Å². The second-order valence-electron chi connectivity index (χ2n) is 5.11. The largest absolute Gasteiger partial charge is 0.477 e. The van der Waals surface area contributed by atoms with Gasteiger partial charge in [-0.2, -0.15) is 4.31 Å². The first-order valence-electron chi connectivity index (χ1n) is 6.61. The predicted molar refractivity (Wildman–Crippen MR) is 88.2 cm³/mol. The number of aromatic carboxylic acids is 1. The Labute approximate surface area is 137 Å². The number of carbonyl (C=O) groups is 1. The molecule has 0 fully saturated rings. The quantitative estimate of drug-likeness (QED) is 0.857. The van der Waals surface area contributed by atoms with Crippen LogP contribution in [-0.2, 0) is 16.6 Å². The second kappa shape index (κ2) is 6.49. The molecule has 0 unspecified atom stereocenters. The van der Waals surface area contributed by atoms with Gasteiger partial charge < -0.3 is 5.11 Å². The monoisotopic (exact) mass is 359 g/mol. The summed E-state index contributed by atoms with van der Waals surface area (Å²) in [5, 5.41) is 10.3. The van der Waals surface area contributed by atoms with Crippen LogP contribution in [0.2, 0.25) is 0 Å². The van der Waals surface area contributed by atoms with E-state index < -0.39 is 16.0 Å². The highest BCUT2D eigenvalue weighted by Gasteiger charge is 2.29. The fourth-order valence-electron chi connectivity index (χ4n) is 1.97. The van der Waals surface area contributed by atoms with Gasteiger partial charge in [-0.1, -0.05) is 0 Å². The van der Waals surface area contributed by atoms with Crippen LogP contribution in [0.4, 0.5) is 0 Å². The van der Waals surface area contributed by atoms with Gasteiger partial charge in [-0.15, -0.1) is 22.7 Å². The van der Waals surface area contributed by atoms with E-state index in [1.54, 1.807) is 11.3 Å².